The van der Waals surface area contributed by atoms with Gasteiger partial charge in [0.15, 0.2) is 5.75 Å². The summed E-state index contributed by atoms with van der Waals surface area (Å²) in [6.45, 7) is 0. The normalized spacial score (nSPS) is 11.4. The number of hydrogen-bond donors (Lipinski definition) is 2. The first-order valence-electron chi connectivity index (χ1n) is 5.29. The van der Waals surface area contributed by atoms with Gasteiger partial charge < -0.3 is 9.84 Å². The van der Waals surface area contributed by atoms with Crippen molar-refractivity contribution in [3.63, 3.8) is 0 Å². The van der Waals surface area contributed by atoms with Crippen molar-refractivity contribution in [3.05, 3.63) is 50.9 Å². The number of alkyl halides is 3. The van der Waals surface area contributed by atoms with Crippen LogP contribution in [0, 0.1) is 5.82 Å². The van der Waals surface area contributed by atoms with Crippen LogP contribution in [0.25, 0.3) is 5.69 Å². The SMILES string of the molecule is O=c1[nH]c(=O)n(-c2ccccc2OC(F)(F)F)c(O)c1F. The minimum Gasteiger partial charge on any atom is -0.492 e. The predicted molar refractivity (Wildman–Crippen MR) is 61.0 cm³/mol. The zero-order valence-electron chi connectivity index (χ0n) is 9.94. The molecule has 0 aliphatic heterocycles. The molecule has 0 atom stereocenters. The fraction of sp³-hybridized carbons (Fsp3) is 0.0909. The molecule has 1 heterocycles. The lowest BCUT2D eigenvalue weighted by molar-refractivity contribution is -0.274. The molecule has 1 aromatic carbocycles. The number of halogens is 4. The summed E-state index contributed by atoms with van der Waals surface area (Å²) in [6, 6.07) is 4.24. The molecule has 0 amide bonds. The Bertz CT molecular complexity index is 794. The van der Waals surface area contributed by atoms with Crippen LogP contribution < -0.4 is 16.0 Å². The summed E-state index contributed by atoms with van der Waals surface area (Å²) in [5, 5.41) is 9.47. The molecule has 10 heteroatoms. The number of hydrogen-bond acceptors (Lipinski definition) is 4. The Balaban J connectivity index is 2.72. The smallest absolute Gasteiger partial charge is 0.492 e. The van der Waals surface area contributed by atoms with E-state index in [1.165, 1.54) is 17.1 Å². The summed E-state index contributed by atoms with van der Waals surface area (Å²) in [7, 11) is 0. The maximum absolute atomic E-state index is 13.3. The van der Waals surface area contributed by atoms with E-state index >= 15 is 0 Å². The molecule has 6 nitrogen and oxygen atoms in total. The first kappa shape index (κ1) is 14.6. The van der Waals surface area contributed by atoms with Crippen molar-refractivity contribution in [1.82, 2.24) is 9.55 Å². The van der Waals surface area contributed by atoms with Crippen molar-refractivity contribution in [1.29, 1.82) is 0 Å². The number of aromatic nitrogens is 2. The topological polar surface area (TPSA) is 84.3 Å². The van der Waals surface area contributed by atoms with E-state index in [4.69, 9.17) is 0 Å². The maximum Gasteiger partial charge on any atom is 0.573 e. The van der Waals surface area contributed by atoms with Crippen LogP contribution in [-0.4, -0.2) is 21.0 Å². The monoisotopic (exact) mass is 306 g/mol. The van der Waals surface area contributed by atoms with Crippen LogP contribution in [0.15, 0.2) is 33.9 Å². The molecule has 0 spiro atoms. The highest BCUT2D eigenvalue weighted by molar-refractivity contribution is 5.48. The Kier molecular flexibility index (Phi) is 3.45. The van der Waals surface area contributed by atoms with Gasteiger partial charge >= 0.3 is 12.1 Å². The van der Waals surface area contributed by atoms with E-state index in [1.807, 2.05) is 0 Å². The van der Waals surface area contributed by atoms with E-state index in [0.717, 1.165) is 12.1 Å². The predicted octanol–water partition coefficient (Wildman–Crippen LogP) is 1.27. The molecule has 0 aliphatic carbocycles. The Morgan fingerprint density at radius 3 is 2.43 bits per heavy atom. The zero-order chi connectivity index (χ0) is 15.8. The first-order valence-corrected chi connectivity index (χ1v) is 5.29. The maximum atomic E-state index is 13.3. The van der Waals surface area contributed by atoms with Crippen LogP contribution in [0.3, 0.4) is 0 Å². The van der Waals surface area contributed by atoms with Crippen LogP contribution in [-0.2, 0) is 0 Å². The summed E-state index contributed by atoms with van der Waals surface area (Å²) in [4.78, 5) is 24.0. The van der Waals surface area contributed by atoms with E-state index in [1.54, 1.807) is 0 Å². The number of benzene rings is 1. The van der Waals surface area contributed by atoms with Gasteiger partial charge in [0, 0.05) is 0 Å². The van der Waals surface area contributed by atoms with Crippen molar-refractivity contribution in [2.24, 2.45) is 0 Å². The van der Waals surface area contributed by atoms with Crippen molar-refractivity contribution in [2.75, 3.05) is 0 Å². The third-order valence-corrected chi connectivity index (χ3v) is 2.36. The molecule has 112 valence electrons. The molecule has 1 aromatic heterocycles. The highest BCUT2D eigenvalue weighted by Gasteiger charge is 2.32. The molecule has 0 aliphatic rings. The lowest BCUT2D eigenvalue weighted by atomic mass is 10.3. The molecule has 2 N–H and O–H groups in total. The van der Waals surface area contributed by atoms with Gasteiger partial charge in [0.2, 0.25) is 11.7 Å². The Labute approximate surface area is 112 Å². The number of aromatic hydroxyl groups is 1. The fourth-order valence-electron chi connectivity index (χ4n) is 1.58. The third kappa shape index (κ3) is 2.88. The molecule has 0 fully saturated rings. The average Bonchev–Trinajstić information content (AvgIpc) is 2.36. The lowest BCUT2D eigenvalue weighted by Gasteiger charge is -2.15. The molecular weight excluding hydrogens is 300 g/mol. The van der Waals surface area contributed by atoms with Gasteiger partial charge in [-0.15, -0.1) is 13.2 Å². The second-order valence-electron chi connectivity index (χ2n) is 3.75. The van der Waals surface area contributed by atoms with E-state index < -0.39 is 40.7 Å². The van der Waals surface area contributed by atoms with Gasteiger partial charge in [-0.25, -0.2) is 9.36 Å². The highest BCUT2D eigenvalue weighted by Crippen LogP contribution is 2.29. The standard InChI is InChI=1S/C11H6F4N2O4/c12-7-8(18)16-10(20)17(9(7)19)5-3-1-2-4-6(5)21-11(13,14)15/h1-4,19H,(H,16,18,20). The third-order valence-electron chi connectivity index (χ3n) is 2.36. The second kappa shape index (κ2) is 4.96. The molecule has 0 radical (unpaired) electrons. The fourth-order valence-corrected chi connectivity index (χ4v) is 1.58. The molecule has 0 saturated heterocycles. The number of aromatic amines is 1. The van der Waals surface area contributed by atoms with Gasteiger partial charge in [-0.1, -0.05) is 12.1 Å². The van der Waals surface area contributed by atoms with Crippen LogP contribution in [0.4, 0.5) is 17.6 Å². The molecule has 21 heavy (non-hydrogen) atoms. The van der Waals surface area contributed by atoms with E-state index in [9.17, 15) is 32.3 Å². The molecule has 0 saturated carbocycles. The first-order chi connectivity index (χ1) is 9.70. The van der Waals surface area contributed by atoms with Gasteiger partial charge in [-0.3, -0.25) is 9.78 Å². The van der Waals surface area contributed by atoms with Crippen LogP contribution in [0.1, 0.15) is 0 Å². The van der Waals surface area contributed by atoms with Crippen molar-refractivity contribution >= 4 is 0 Å². The molecule has 2 aromatic rings. The number of para-hydroxylation sites is 2. The van der Waals surface area contributed by atoms with Crippen LogP contribution in [0.2, 0.25) is 0 Å². The molecular formula is C11H6F4N2O4. The Hall–Kier alpha value is -2.78. The number of nitrogens with one attached hydrogen (secondary N) is 1. The lowest BCUT2D eigenvalue weighted by Crippen LogP contribution is -2.31. The largest absolute Gasteiger partial charge is 0.573 e. The van der Waals surface area contributed by atoms with Gasteiger partial charge in [0.25, 0.3) is 5.56 Å². The molecule has 0 unspecified atom stereocenters. The van der Waals surface area contributed by atoms with E-state index in [0.29, 0.717) is 0 Å². The summed E-state index contributed by atoms with van der Waals surface area (Å²) in [5.74, 6) is -3.99. The van der Waals surface area contributed by atoms with Crippen LogP contribution >= 0.6 is 0 Å². The van der Waals surface area contributed by atoms with E-state index in [-0.39, 0.29) is 4.57 Å². The van der Waals surface area contributed by atoms with Crippen molar-refractivity contribution < 1.29 is 27.4 Å². The van der Waals surface area contributed by atoms with Crippen molar-refractivity contribution in [2.45, 2.75) is 6.36 Å². The van der Waals surface area contributed by atoms with Gasteiger partial charge in [-0.2, -0.15) is 4.39 Å². The average molecular weight is 306 g/mol. The van der Waals surface area contributed by atoms with Crippen molar-refractivity contribution in [3.8, 4) is 17.3 Å². The van der Waals surface area contributed by atoms with E-state index in [2.05, 4.69) is 4.74 Å². The minimum atomic E-state index is -5.06. The minimum absolute atomic E-state index is 0.151. The summed E-state index contributed by atoms with van der Waals surface area (Å²) in [5.41, 5.74) is -3.41. The molecule has 2 rings (SSSR count). The highest BCUT2D eigenvalue weighted by atomic mass is 19.4. The summed E-state index contributed by atoms with van der Waals surface area (Å²) in [6.07, 6.45) is -5.06. The Morgan fingerprint density at radius 1 is 1.19 bits per heavy atom. The van der Waals surface area contributed by atoms with Gasteiger partial charge in [0.1, 0.15) is 0 Å². The van der Waals surface area contributed by atoms with Crippen LogP contribution in [0.5, 0.6) is 11.6 Å². The summed E-state index contributed by atoms with van der Waals surface area (Å²) >= 11 is 0. The number of H-pyrrole nitrogens is 1. The summed E-state index contributed by atoms with van der Waals surface area (Å²) < 4.78 is 54.0. The van der Waals surface area contributed by atoms with Gasteiger partial charge in [0.05, 0.1) is 5.69 Å². The number of rotatable bonds is 2. The Morgan fingerprint density at radius 2 is 1.81 bits per heavy atom. The quantitative estimate of drug-likeness (QED) is 0.818. The number of ether oxygens (including phenoxy) is 1. The number of nitrogens with zero attached hydrogens (tertiary/aromatic N) is 1. The zero-order valence-corrected chi connectivity index (χ0v) is 9.94. The van der Waals surface area contributed by atoms with Gasteiger partial charge in [-0.05, 0) is 12.1 Å². The second-order valence-corrected chi connectivity index (χ2v) is 3.75. The molecule has 0 bridgehead atoms.